The lowest BCUT2D eigenvalue weighted by Gasteiger charge is -2.19. The summed E-state index contributed by atoms with van der Waals surface area (Å²) in [5, 5.41) is 12.2. The van der Waals surface area contributed by atoms with Gasteiger partial charge in [0, 0.05) is 36.7 Å². The Kier molecular flexibility index (Phi) is 5.20. The number of rotatable bonds is 7. The standard InChI is InChI=1S/C22H22N2O5/c25-20-2-1-11-24(20)13-16-4-3-15(22(27)28)12-19(16)29-18-9-5-14(6-10-18)21(26)23-17-7-8-17/h3-6,9-10,12,17H,1-2,7-8,11,13H2,(H,23,26)(H,27,28). The zero-order valence-electron chi connectivity index (χ0n) is 15.9. The first kappa shape index (κ1) is 19.0. The minimum absolute atomic E-state index is 0.0873. The number of nitrogens with one attached hydrogen (secondary N) is 1. The molecular weight excluding hydrogens is 372 g/mol. The maximum Gasteiger partial charge on any atom is 0.335 e. The summed E-state index contributed by atoms with van der Waals surface area (Å²) in [7, 11) is 0. The average Bonchev–Trinajstić information content (AvgIpc) is 3.43. The highest BCUT2D eigenvalue weighted by Crippen LogP contribution is 2.29. The first-order valence-electron chi connectivity index (χ1n) is 9.72. The van der Waals surface area contributed by atoms with Gasteiger partial charge in [-0.3, -0.25) is 9.59 Å². The van der Waals surface area contributed by atoms with E-state index in [4.69, 9.17) is 4.74 Å². The molecule has 4 rings (SSSR count). The maximum absolute atomic E-state index is 12.1. The van der Waals surface area contributed by atoms with E-state index in [1.807, 2.05) is 0 Å². The molecule has 2 fully saturated rings. The summed E-state index contributed by atoms with van der Waals surface area (Å²) in [6, 6.07) is 11.7. The Morgan fingerprint density at radius 3 is 2.45 bits per heavy atom. The zero-order valence-corrected chi connectivity index (χ0v) is 15.9. The third-order valence-corrected chi connectivity index (χ3v) is 5.10. The predicted molar refractivity (Wildman–Crippen MR) is 105 cm³/mol. The molecule has 0 spiro atoms. The molecule has 1 aliphatic heterocycles. The molecule has 1 aliphatic carbocycles. The van der Waals surface area contributed by atoms with E-state index in [9.17, 15) is 19.5 Å². The second-order valence-corrected chi connectivity index (χ2v) is 7.42. The van der Waals surface area contributed by atoms with E-state index in [1.54, 1.807) is 35.2 Å². The molecule has 1 saturated carbocycles. The van der Waals surface area contributed by atoms with Crippen molar-refractivity contribution in [2.45, 2.75) is 38.3 Å². The molecule has 2 N–H and O–H groups in total. The lowest BCUT2D eigenvalue weighted by molar-refractivity contribution is -0.128. The van der Waals surface area contributed by atoms with Crippen molar-refractivity contribution in [3.63, 3.8) is 0 Å². The highest BCUT2D eigenvalue weighted by Gasteiger charge is 2.24. The van der Waals surface area contributed by atoms with Gasteiger partial charge in [0.05, 0.1) is 5.56 Å². The Labute approximate surface area is 168 Å². The number of carboxylic acid groups (broad SMARTS) is 1. The fraction of sp³-hybridized carbons (Fsp3) is 0.318. The number of carboxylic acids is 1. The summed E-state index contributed by atoms with van der Waals surface area (Å²) >= 11 is 0. The Morgan fingerprint density at radius 1 is 1.10 bits per heavy atom. The molecule has 150 valence electrons. The van der Waals surface area contributed by atoms with Crippen LogP contribution in [0.1, 0.15) is 52.0 Å². The topological polar surface area (TPSA) is 95.9 Å². The second-order valence-electron chi connectivity index (χ2n) is 7.42. The van der Waals surface area contributed by atoms with Gasteiger partial charge in [0.15, 0.2) is 0 Å². The minimum atomic E-state index is -1.05. The van der Waals surface area contributed by atoms with E-state index in [-0.39, 0.29) is 23.4 Å². The van der Waals surface area contributed by atoms with Crippen LogP contribution in [0.25, 0.3) is 0 Å². The first-order chi connectivity index (χ1) is 14.0. The highest BCUT2D eigenvalue weighted by atomic mass is 16.5. The Morgan fingerprint density at radius 2 is 1.83 bits per heavy atom. The molecule has 7 nitrogen and oxygen atoms in total. The summed E-state index contributed by atoms with van der Waals surface area (Å²) in [4.78, 5) is 37.2. The third kappa shape index (κ3) is 4.56. The molecule has 2 amide bonds. The monoisotopic (exact) mass is 394 g/mol. The number of aromatic carboxylic acids is 1. The summed E-state index contributed by atoms with van der Waals surface area (Å²) in [5.41, 5.74) is 1.39. The van der Waals surface area contributed by atoms with E-state index in [0.29, 0.717) is 36.6 Å². The number of hydrogen-bond acceptors (Lipinski definition) is 4. The number of nitrogens with zero attached hydrogens (tertiary/aromatic N) is 1. The van der Waals surface area contributed by atoms with Gasteiger partial charge in [0.1, 0.15) is 11.5 Å². The van der Waals surface area contributed by atoms with Gasteiger partial charge < -0.3 is 20.1 Å². The van der Waals surface area contributed by atoms with Crippen LogP contribution in [0.5, 0.6) is 11.5 Å². The molecule has 0 atom stereocenters. The number of hydrogen-bond donors (Lipinski definition) is 2. The Bertz CT molecular complexity index is 950. The number of carbonyl (C=O) groups excluding carboxylic acids is 2. The van der Waals surface area contributed by atoms with E-state index < -0.39 is 5.97 Å². The SMILES string of the molecule is O=C(O)c1ccc(CN2CCCC2=O)c(Oc2ccc(C(=O)NC3CC3)cc2)c1. The zero-order chi connectivity index (χ0) is 20.4. The van der Waals surface area contributed by atoms with Crippen LogP contribution >= 0.6 is 0 Å². The van der Waals surface area contributed by atoms with Crippen LogP contribution in [0.4, 0.5) is 0 Å². The molecule has 2 aromatic carbocycles. The number of amides is 2. The van der Waals surface area contributed by atoms with Gasteiger partial charge in [-0.05, 0) is 55.7 Å². The van der Waals surface area contributed by atoms with Crippen LogP contribution in [0.2, 0.25) is 0 Å². The lowest BCUT2D eigenvalue weighted by atomic mass is 10.1. The van der Waals surface area contributed by atoms with Gasteiger partial charge in [0.25, 0.3) is 5.91 Å². The summed E-state index contributed by atoms with van der Waals surface area (Å²) in [6.07, 6.45) is 3.41. The minimum Gasteiger partial charge on any atom is -0.478 e. The summed E-state index contributed by atoms with van der Waals surface area (Å²) < 4.78 is 5.94. The quantitative estimate of drug-likeness (QED) is 0.752. The van der Waals surface area contributed by atoms with Crippen LogP contribution in [-0.2, 0) is 11.3 Å². The number of ether oxygens (including phenoxy) is 1. The molecule has 0 aromatic heterocycles. The van der Waals surface area contributed by atoms with Crippen molar-refractivity contribution in [2.24, 2.45) is 0 Å². The van der Waals surface area contributed by atoms with Gasteiger partial charge in [-0.2, -0.15) is 0 Å². The predicted octanol–water partition coefficient (Wildman–Crippen LogP) is 3.19. The Balaban J connectivity index is 1.53. The van der Waals surface area contributed by atoms with Crippen molar-refractivity contribution in [3.8, 4) is 11.5 Å². The van der Waals surface area contributed by atoms with Gasteiger partial charge >= 0.3 is 5.97 Å². The van der Waals surface area contributed by atoms with E-state index >= 15 is 0 Å². The molecule has 0 bridgehead atoms. The molecule has 2 aromatic rings. The smallest absolute Gasteiger partial charge is 0.335 e. The van der Waals surface area contributed by atoms with Crippen molar-refractivity contribution in [1.82, 2.24) is 10.2 Å². The maximum atomic E-state index is 12.1. The second kappa shape index (κ2) is 7.95. The molecule has 1 saturated heterocycles. The fourth-order valence-corrected chi connectivity index (χ4v) is 3.29. The molecule has 7 heteroatoms. The van der Waals surface area contributed by atoms with E-state index in [1.165, 1.54) is 12.1 Å². The molecular formula is C22H22N2O5. The molecule has 1 heterocycles. The summed E-state index contributed by atoms with van der Waals surface area (Å²) in [5.74, 6) is -0.195. The van der Waals surface area contributed by atoms with Crippen molar-refractivity contribution in [1.29, 1.82) is 0 Å². The molecule has 0 radical (unpaired) electrons. The van der Waals surface area contributed by atoms with Crippen molar-refractivity contribution < 1.29 is 24.2 Å². The number of likely N-dealkylation sites (tertiary alicyclic amines) is 1. The van der Waals surface area contributed by atoms with Gasteiger partial charge in [-0.25, -0.2) is 4.79 Å². The normalized spacial score (nSPS) is 16.0. The Hall–Kier alpha value is -3.35. The largest absolute Gasteiger partial charge is 0.478 e. The van der Waals surface area contributed by atoms with Crippen LogP contribution in [-0.4, -0.2) is 40.4 Å². The van der Waals surface area contributed by atoms with Gasteiger partial charge in [-0.1, -0.05) is 6.07 Å². The number of benzene rings is 2. The first-order valence-corrected chi connectivity index (χ1v) is 9.72. The molecule has 0 unspecified atom stereocenters. The van der Waals surface area contributed by atoms with Gasteiger partial charge in [-0.15, -0.1) is 0 Å². The van der Waals surface area contributed by atoms with Crippen molar-refractivity contribution in [3.05, 3.63) is 59.2 Å². The van der Waals surface area contributed by atoms with E-state index in [0.717, 1.165) is 24.8 Å². The van der Waals surface area contributed by atoms with Crippen molar-refractivity contribution >= 4 is 17.8 Å². The average molecular weight is 394 g/mol. The van der Waals surface area contributed by atoms with Crippen LogP contribution in [0.15, 0.2) is 42.5 Å². The van der Waals surface area contributed by atoms with Crippen LogP contribution in [0.3, 0.4) is 0 Å². The fourth-order valence-electron chi connectivity index (χ4n) is 3.29. The van der Waals surface area contributed by atoms with Crippen LogP contribution < -0.4 is 10.1 Å². The third-order valence-electron chi connectivity index (χ3n) is 5.10. The van der Waals surface area contributed by atoms with Crippen molar-refractivity contribution in [2.75, 3.05) is 6.54 Å². The van der Waals surface area contributed by atoms with E-state index in [2.05, 4.69) is 5.32 Å². The number of carbonyl (C=O) groups is 3. The lowest BCUT2D eigenvalue weighted by Crippen LogP contribution is -2.25. The molecule has 29 heavy (non-hydrogen) atoms. The highest BCUT2D eigenvalue weighted by molar-refractivity contribution is 5.94. The molecule has 2 aliphatic rings. The van der Waals surface area contributed by atoms with Gasteiger partial charge in [0.2, 0.25) is 5.91 Å². The van der Waals surface area contributed by atoms with Crippen LogP contribution in [0, 0.1) is 0 Å². The summed E-state index contributed by atoms with van der Waals surface area (Å²) in [6.45, 7) is 1.06.